The third-order valence-corrected chi connectivity index (χ3v) is 4.67. The highest BCUT2D eigenvalue weighted by Gasteiger charge is 2.33. The summed E-state index contributed by atoms with van der Waals surface area (Å²) in [5.41, 5.74) is 1.08. The predicted octanol–water partition coefficient (Wildman–Crippen LogP) is 6.71. The molecule has 172 valence electrons. The molecule has 8 heteroatoms. The van der Waals surface area contributed by atoms with Gasteiger partial charge in [-0.3, -0.25) is 0 Å². The lowest BCUT2D eigenvalue weighted by molar-refractivity contribution is -0.137. The third kappa shape index (κ3) is 5.96. The Morgan fingerprint density at radius 3 is 2.44 bits per heavy atom. The number of hydrogen-bond donors (Lipinski definition) is 0. The van der Waals surface area contributed by atoms with Crippen molar-refractivity contribution in [3.8, 4) is 5.88 Å². The Morgan fingerprint density at radius 1 is 1.19 bits per heavy atom. The van der Waals surface area contributed by atoms with Gasteiger partial charge >= 0.3 is 12.1 Å². The highest BCUT2D eigenvalue weighted by Crippen LogP contribution is 2.44. The van der Waals surface area contributed by atoms with Crippen molar-refractivity contribution in [3.05, 3.63) is 71.2 Å². The lowest BCUT2D eigenvalue weighted by atomic mass is 9.95. The number of carbonyl (C=O) groups is 1. The summed E-state index contributed by atoms with van der Waals surface area (Å²) in [7, 11) is 1.19. The Hall–Kier alpha value is -3.16. The van der Waals surface area contributed by atoms with Crippen LogP contribution < -0.4 is 4.74 Å². The van der Waals surface area contributed by atoms with Gasteiger partial charge in [0.1, 0.15) is 5.82 Å². The second-order valence-electron chi connectivity index (χ2n) is 6.95. The Morgan fingerprint density at radius 2 is 1.84 bits per heavy atom. The summed E-state index contributed by atoms with van der Waals surface area (Å²) in [5.74, 6) is -1.23. The molecule has 0 atom stereocenters. The molecule has 1 aliphatic carbocycles. The van der Waals surface area contributed by atoms with Crippen molar-refractivity contribution >= 4 is 17.1 Å². The van der Waals surface area contributed by atoms with Crippen molar-refractivity contribution in [2.24, 2.45) is 0 Å². The predicted molar refractivity (Wildman–Crippen MR) is 115 cm³/mol. The molecule has 0 aliphatic heterocycles. The fourth-order valence-electron chi connectivity index (χ4n) is 3.43. The molecule has 1 heterocycles. The molecule has 0 amide bonds. The summed E-state index contributed by atoms with van der Waals surface area (Å²) in [5, 5.41) is 0. The van der Waals surface area contributed by atoms with E-state index in [1.807, 2.05) is 6.92 Å². The first-order valence-corrected chi connectivity index (χ1v) is 10.0. The number of allylic oxidation sites excluding steroid dienone is 3. The van der Waals surface area contributed by atoms with Crippen LogP contribution >= 0.6 is 0 Å². The fourth-order valence-corrected chi connectivity index (χ4v) is 3.43. The average Bonchev–Trinajstić information content (AvgIpc) is 3.23. The molecule has 3 rings (SSSR count). The number of carbonyl (C=O) groups excluding carboxylic acids is 1. The molecular weight excluding hydrogens is 426 g/mol. The Balaban J connectivity index is 0.00000114. The number of rotatable bonds is 5. The summed E-state index contributed by atoms with van der Waals surface area (Å²) < 4.78 is 63.9. The summed E-state index contributed by atoms with van der Waals surface area (Å²) in [4.78, 5) is 15.7. The quantitative estimate of drug-likeness (QED) is 0.288. The van der Waals surface area contributed by atoms with Crippen LogP contribution in [-0.4, -0.2) is 24.7 Å². The van der Waals surface area contributed by atoms with Gasteiger partial charge in [0.25, 0.3) is 0 Å². The average molecular weight is 451 g/mol. The molecule has 1 aliphatic rings. The number of hydrogen-bond acceptors (Lipinski definition) is 4. The topological polar surface area (TPSA) is 48.4 Å². The zero-order valence-corrected chi connectivity index (χ0v) is 18.2. The molecule has 1 aromatic heterocycles. The monoisotopic (exact) mass is 451 g/mol. The normalized spacial score (nSPS) is 13.3. The molecule has 0 fully saturated rings. The van der Waals surface area contributed by atoms with Crippen LogP contribution in [0.15, 0.2) is 43.1 Å². The van der Waals surface area contributed by atoms with Crippen molar-refractivity contribution in [3.63, 3.8) is 0 Å². The number of halogens is 4. The number of esters is 1. The standard InChI is InChI=1S/C21H19F4NO3.C3H6/c1-3-29-19-18(10-14(11-26-19)21(23,24)25)17-6-4-5-16(17)12-7-13(20(27)28-2)9-15(22)8-12;1-3-2/h7-11H,3-6H2,1-2H3;3H,1H2,2H3. The number of aromatic nitrogens is 1. The van der Waals surface area contributed by atoms with E-state index in [9.17, 15) is 22.4 Å². The van der Waals surface area contributed by atoms with Crippen LogP contribution in [0.1, 0.15) is 60.2 Å². The van der Waals surface area contributed by atoms with Crippen LogP contribution in [0.5, 0.6) is 5.88 Å². The minimum atomic E-state index is -4.55. The smallest absolute Gasteiger partial charge is 0.417 e. The Bertz CT molecular complexity index is 1010. The lowest BCUT2D eigenvalue weighted by Crippen LogP contribution is -2.08. The number of nitrogens with zero attached hydrogens (tertiary/aromatic N) is 1. The maximum atomic E-state index is 14.1. The van der Waals surface area contributed by atoms with Crippen LogP contribution in [0.2, 0.25) is 0 Å². The first-order valence-electron chi connectivity index (χ1n) is 10.0. The second kappa shape index (κ2) is 10.9. The number of pyridine rings is 1. The Labute approximate surface area is 184 Å². The Kier molecular flexibility index (Phi) is 8.57. The van der Waals surface area contributed by atoms with E-state index in [2.05, 4.69) is 16.3 Å². The molecule has 0 unspecified atom stereocenters. The van der Waals surface area contributed by atoms with Gasteiger partial charge in [0.2, 0.25) is 5.88 Å². The van der Waals surface area contributed by atoms with E-state index in [0.29, 0.717) is 36.0 Å². The van der Waals surface area contributed by atoms with Crippen LogP contribution in [0.4, 0.5) is 17.6 Å². The number of alkyl halides is 3. The zero-order valence-electron chi connectivity index (χ0n) is 18.2. The summed E-state index contributed by atoms with van der Waals surface area (Å²) >= 11 is 0. The van der Waals surface area contributed by atoms with E-state index in [1.165, 1.54) is 19.2 Å². The van der Waals surface area contributed by atoms with Crippen molar-refractivity contribution in [2.75, 3.05) is 13.7 Å². The van der Waals surface area contributed by atoms with E-state index in [-0.39, 0.29) is 23.6 Å². The summed E-state index contributed by atoms with van der Waals surface area (Å²) in [6.07, 6.45) is -0.371. The number of ether oxygens (including phenoxy) is 2. The summed E-state index contributed by atoms with van der Waals surface area (Å²) in [6.45, 7) is 7.20. The lowest BCUT2D eigenvalue weighted by Gasteiger charge is -2.15. The SMILES string of the molecule is C=CC.CCOc1ncc(C(F)(F)F)cc1C1=C(c2cc(F)cc(C(=O)OC)c2)CCC1. The molecule has 0 spiro atoms. The molecule has 4 nitrogen and oxygen atoms in total. The molecule has 0 saturated carbocycles. The highest BCUT2D eigenvalue weighted by molar-refractivity contribution is 5.96. The highest BCUT2D eigenvalue weighted by atomic mass is 19.4. The van der Waals surface area contributed by atoms with Gasteiger partial charge in [-0.05, 0) is 74.1 Å². The van der Waals surface area contributed by atoms with E-state index in [0.717, 1.165) is 18.3 Å². The van der Waals surface area contributed by atoms with Crippen molar-refractivity contribution in [2.45, 2.75) is 39.3 Å². The zero-order chi connectivity index (χ0) is 23.9. The van der Waals surface area contributed by atoms with Gasteiger partial charge in [0, 0.05) is 11.8 Å². The maximum absolute atomic E-state index is 14.1. The van der Waals surface area contributed by atoms with Crippen molar-refractivity contribution < 1.29 is 31.8 Å². The van der Waals surface area contributed by atoms with Gasteiger partial charge in [-0.2, -0.15) is 13.2 Å². The van der Waals surface area contributed by atoms with Gasteiger partial charge in [0.05, 0.1) is 24.8 Å². The molecule has 0 radical (unpaired) electrons. The molecule has 0 saturated heterocycles. The maximum Gasteiger partial charge on any atom is 0.417 e. The molecule has 1 aromatic carbocycles. The van der Waals surface area contributed by atoms with E-state index in [4.69, 9.17) is 4.74 Å². The van der Waals surface area contributed by atoms with Gasteiger partial charge in [-0.15, -0.1) is 6.58 Å². The van der Waals surface area contributed by atoms with E-state index < -0.39 is 23.5 Å². The van der Waals surface area contributed by atoms with E-state index in [1.54, 1.807) is 13.0 Å². The van der Waals surface area contributed by atoms with E-state index >= 15 is 0 Å². The van der Waals surface area contributed by atoms with Crippen LogP contribution in [-0.2, 0) is 10.9 Å². The fraction of sp³-hybridized carbons (Fsp3) is 0.333. The van der Waals surface area contributed by atoms with Gasteiger partial charge < -0.3 is 9.47 Å². The minimum absolute atomic E-state index is 0.0356. The van der Waals surface area contributed by atoms with Crippen molar-refractivity contribution in [1.82, 2.24) is 4.98 Å². The second-order valence-corrected chi connectivity index (χ2v) is 6.95. The number of methoxy groups -OCH3 is 1. The molecule has 0 bridgehead atoms. The van der Waals surface area contributed by atoms with Gasteiger partial charge in [0.15, 0.2) is 0 Å². The first-order chi connectivity index (χ1) is 15.2. The van der Waals surface area contributed by atoms with Crippen LogP contribution in [0.3, 0.4) is 0 Å². The molecule has 0 N–H and O–H groups in total. The van der Waals surface area contributed by atoms with Crippen molar-refractivity contribution in [1.29, 1.82) is 0 Å². The number of benzene rings is 1. The van der Waals surface area contributed by atoms with Crippen LogP contribution in [0, 0.1) is 5.82 Å². The molecular formula is C24H25F4NO3. The molecule has 32 heavy (non-hydrogen) atoms. The third-order valence-electron chi connectivity index (χ3n) is 4.67. The largest absolute Gasteiger partial charge is 0.478 e. The minimum Gasteiger partial charge on any atom is -0.478 e. The first kappa shape index (κ1) is 25.1. The van der Waals surface area contributed by atoms with Gasteiger partial charge in [-0.1, -0.05) is 6.08 Å². The molecule has 2 aromatic rings. The van der Waals surface area contributed by atoms with Crippen LogP contribution in [0.25, 0.3) is 11.1 Å². The summed E-state index contributed by atoms with van der Waals surface area (Å²) in [6, 6.07) is 4.81. The van der Waals surface area contributed by atoms with Gasteiger partial charge in [-0.25, -0.2) is 14.2 Å².